The van der Waals surface area contributed by atoms with E-state index in [-0.39, 0.29) is 24.0 Å². The lowest BCUT2D eigenvalue weighted by Gasteiger charge is -2.25. The first-order valence-electron chi connectivity index (χ1n) is 8.19. The van der Waals surface area contributed by atoms with Gasteiger partial charge in [-0.15, -0.1) is 0 Å². The van der Waals surface area contributed by atoms with E-state index < -0.39 is 25.0 Å². The zero-order valence-corrected chi connectivity index (χ0v) is 14.6. The van der Waals surface area contributed by atoms with Gasteiger partial charge >= 0.3 is 5.97 Å². The molecule has 27 heavy (non-hydrogen) atoms. The molecule has 1 N–H and O–H groups in total. The summed E-state index contributed by atoms with van der Waals surface area (Å²) in [5.41, 5.74) is 1.81. The Morgan fingerprint density at radius 2 is 2.15 bits per heavy atom. The molecule has 142 valence electrons. The van der Waals surface area contributed by atoms with Gasteiger partial charge in [0.2, 0.25) is 5.88 Å². The Morgan fingerprint density at radius 3 is 2.78 bits per heavy atom. The molecular weight excluding hydrogens is 360 g/mol. The van der Waals surface area contributed by atoms with Crippen LogP contribution in [-0.4, -0.2) is 44.9 Å². The summed E-state index contributed by atoms with van der Waals surface area (Å²) in [5.74, 6) is -1.37. The average molecular weight is 377 g/mol. The first kappa shape index (κ1) is 18.7. The number of hydrogen-bond acceptors (Lipinski definition) is 5. The van der Waals surface area contributed by atoms with Crippen LogP contribution < -0.4 is 4.74 Å². The van der Waals surface area contributed by atoms with Crippen molar-refractivity contribution in [3.8, 4) is 5.88 Å². The number of rotatable bonds is 6. The zero-order chi connectivity index (χ0) is 19.7. The lowest BCUT2D eigenvalue weighted by Crippen LogP contribution is -2.27. The number of aromatic carboxylic acids is 1. The second-order valence-corrected chi connectivity index (χ2v) is 6.19. The molecule has 0 radical (unpaired) electrons. The van der Waals surface area contributed by atoms with Gasteiger partial charge in [0.05, 0.1) is 6.04 Å². The third-order valence-electron chi connectivity index (χ3n) is 4.43. The predicted molar refractivity (Wildman–Crippen MR) is 90.0 cm³/mol. The van der Waals surface area contributed by atoms with Gasteiger partial charge in [0.1, 0.15) is 0 Å². The number of carbonyl (C=O) groups excluding carboxylic acids is 1. The highest BCUT2D eigenvalue weighted by atomic mass is 19.3. The Bertz CT molecular complexity index is 904. The molecule has 9 heteroatoms. The third kappa shape index (κ3) is 3.57. The van der Waals surface area contributed by atoms with Crippen LogP contribution in [0, 0.1) is 6.92 Å². The standard InChI is InChI=1S/C18H17F2N3O4/c1-9-5-11(6-22-16(9)27-8-14(19)20)10(2)23-7-13-12(17(23)24)3-4-21-15(13)18(25)26/h3-6,10,14H,7-8H2,1-2H3,(H,25,26). The quantitative estimate of drug-likeness (QED) is 0.832. The molecular formula is C18H17F2N3O4. The van der Waals surface area contributed by atoms with E-state index in [4.69, 9.17) is 4.74 Å². The highest BCUT2D eigenvalue weighted by molar-refractivity contribution is 6.01. The minimum Gasteiger partial charge on any atom is -0.477 e. The number of hydrogen-bond donors (Lipinski definition) is 1. The summed E-state index contributed by atoms with van der Waals surface area (Å²) in [6.07, 6.45) is 0.169. The minimum atomic E-state index is -2.59. The van der Waals surface area contributed by atoms with E-state index >= 15 is 0 Å². The number of ether oxygens (including phenoxy) is 1. The van der Waals surface area contributed by atoms with Gasteiger partial charge in [0, 0.05) is 35.6 Å². The fourth-order valence-corrected chi connectivity index (χ4v) is 3.03. The monoisotopic (exact) mass is 377 g/mol. The van der Waals surface area contributed by atoms with Crippen LogP contribution in [0.2, 0.25) is 0 Å². The molecule has 0 bridgehead atoms. The Balaban J connectivity index is 1.84. The molecule has 2 aromatic heterocycles. The summed E-state index contributed by atoms with van der Waals surface area (Å²) in [4.78, 5) is 33.5. The summed E-state index contributed by atoms with van der Waals surface area (Å²) in [6, 6.07) is 2.81. The Kier molecular flexibility index (Phi) is 5.02. The van der Waals surface area contributed by atoms with E-state index in [2.05, 4.69) is 9.97 Å². The van der Waals surface area contributed by atoms with Gasteiger partial charge < -0.3 is 14.7 Å². The molecule has 3 heterocycles. The fraction of sp³-hybridized carbons (Fsp3) is 0.333. The smallest absolute Gasteiger partial charge is 0.354 e. The van der Waals surface area contributed by atoms with Crippen LogP contribution in [0.5, 0.6) is 5.88 Å². The lowest BCUT2D eigenvalue weighted by atomic mass is 10.1. The molecule has 1 amide bonds. The second kappa shape index (κ2) is 7.26. The van der Waals surface area contributed by atoms with Crippen LogP contribution in [0.25, 0.3) is 0 Å². The summed E-state index contributed by atoms with van der Waals surface area (Å²) in [5, 5.41) is 9.26. The van der Waals surface area contributed by atoms with Gasteiger partial charge in [0.25, 0.3) is 12.3 Å². The van der Waals surface area contributed by atoms with Crippen molar-refractivity contribution in [2.75, 3.05) is 6.61 Å². The van der Waals surface area contributed by atoms with Crippen molar-refractivity contribution >= 4 is 11.9 Å². The number of pyridine rings is 2. The topological polar surface area (TPSA) is 92.6 Å². The van der Waals surface area contributed by atoms with E-state index in [1.807, 2.05) is 0 Å². The number of halogens is 2. The largest absolute Gasteiger partial charge is 0.477 e. The molecule has 7 nitrogen and oxygen atoms in total. The zero-order valence-electron chi connectivity index (χ0n) is 14.6. The maximum absolute atomic E-state index is 12.7. The van der Waals surface area contributed by atoms with Crippen molar-refractivity contribution in [3.63, 3.8) is 0 Å². The number of nitrogens with zero attached hydrogens (tertiary/aromatic N) is 3. The molecule has 0 fully saturated rings. The molecule has 2 aromatic rings. The van der Waals surface area contributed by atoms with Crippen LogP contribution in [0.1, 0.15) is 50.5 Å². The number of amides is 1. The van der Waals surface area contributed by atoms with Gasteiger partial charge in [0.15, 0.2) is 12.3 Å². The Morgan fingerprint density at radius 1 is 1.41 bits per heavy atom. The molecule has 0 saturated heterocycles. The number of aryl methyl sites for hydroxylation is 1. The Hall–Kier alpha value is -3.10. The molecule has 1 aliphatic heterocycles. The van der Waals surface area contributed by atoms with Crippen LogP contribution in [0.3, 0.4) is 0 Å². The molecule has 0 spiro atoms. The maximum atomic E-state index is 12.7. The van der Waals surface area contributed by atoms with Crippen LogP contribution in [0.15, 0.2) is 24.5 Å². The van der Waals surface area contributed by atoms with Crippen molar-refractivity contribution in [3.05, 3.63) is 52.5 Å². The van der Waals surface area contributed by atoms with Crippen molar-refractivity contribution < 1.29 is 28.2 Å². The van der Waals surface area contributed by atoms with Gasteiger partial charge in [-0.1, -0.05) is 0 Å². The first-order chi connectivity index (χ1) is 12.8. The maximum Gasteiger partial charge on any atom is 0.354 e. The summed E-state index contributed by atoms with van der Waals surface area (Å²) in [7, 11) is 0. The summed E-state index contributed by atoms with van der Waals surface area (Å²) in [6.45, 7) is 2.84. The molecule has 0 aromatic carbocycles. The highest BCUT2D eigenvalue weighted by Crippen LogP contribution is 2.33. The average Bonchev–Trinajstić information content (AvgIpc) is 2.96. The molecule has 1 aliphatic rings. The van der Waals surface area contributed by atoms with E-state index in [0.717, 1.165) is 0 Å². The van der Waals surface area contributed by atoms with Crippen LogP contribution in [-0.2, 0) is 6.54 Å². The van der Waals surface area contributed by atoms with Crippen molar-refractivity contribution in [2.24, 2.45) is 0 Å². The van der Waals surface area contributed by atoms with Crippen molar-refractivity contribution in [1.29, 1.82) is 0 Å². The van der Waals surface area contributed by atoms with Gasteiger partial charge in [-0.05, 0) is 31.5 Å². The number of carboxylic acids is 1. The predicted octanol–water partition coefficient (Wildman–Crippen LogP) is 2.84. The normalized spacial score (nSPS) is 14.4. The SMILES string of the molecule is Cc1cc(C(C)N2Cc3c(ccnc3C(=O)O)C2=O)cnc1OCC(F)F. The summed E-state index contributed by atoms with van der Waals surface area (Å²) >= 11 is 0. The Labute approximate surface area is 153 Å². The summed E-state index contributed by atoms with van der Waals surface area (Å²) < 4.78 is 29.5. The van der Waals surface area contributed by atoms with Crippen molar-refractivity contribution in [1.82, 2.24) is 14.9 Å². The third-order valence-corrected chi connectivity index (χ3v) is 4.43. The first-order valence-corrected chi connectivity index (χ1v) is 8.19. The fourth-order valence-electron chi connectivity index (χ4n) is 3.03. The molecule has 1 unspecified atom stereocenters. The van der Waals surface area contributed by atoms with E-state index in [0.29, 0.717) is 22.3 Å². The number of fused-ring (bicyclic) bond motifs is 1. The number of carboxylic acid groups (broad SMARTS) is 1. The second-order valence-electron chi connectivity index (χ2n) is 6.19. The van der Waals surface area contributed by atoms with E-state index in [1.165, 1.54) is 23.4 Å². The molecule has 0 aliphatic carbocycles. The van der Waals surface area contributed by atoms with E-state index in [1.54, 1.807) is 19.9 Å². The van der Waals surface area contributed by atoms with Gasteiger partial charge in [-0.25, -0.2) is 23.5 Å². The number of carbonyl (C=O) groups is 2. The number of alkyl halides is 2. The molecule has 1 atom stereocenters. The van der Waals surface area contributed by atoms with Crippen molar-refractivity contribution in [2.45, 2.75) is 32.9 Å². The lowest BCUT2D eigenvalue weighted by molar-refractivity contribution is 0.0678. The van der Waals surface area contributed by atoms with Crippen LogP contribution >= 0.6 is 0 Å². The minimum absolute atomic E-state index is 0.111. The van der Waals surface area contributed by atoms with Gasteiger partial charge in [-0.3, -0.25) is 4.79 Å². The molecule has 0 saturated carbocycles. The van der Waals surface area contributed by atoms with Gasteiger partial charge in [-0.2, -0.15) is 0 Å². The highest BCUT2D eigenvalue weighted by Gasteiger charge is 2.35. The van der Waals surface area contributed by atoms with Crippen LogP contribution in [0.4, 0.5) is 8.78 Å². The van der Waals surface area contributed by atoms with E-state index in [9.17, 15) is 23.5 Å². The molecule has 3 rings (SSSR count). The number of aromatic nitrogens is 2.